The fourth-order valence-electron chi connectivity index (χ4n) is 2.56. The van der Waals surface area contributed by atoms with Gasteiger partial charge in [-0.2, -0.15) is 0 Å². The molecule has 0 bridgehead atoms. The van der Waals surface area contributed by atoms with Gasteiger partial charge in [-0.1, -0.05) is 12.1 Å². The summed E-state index contributed by atoms with van der Waals surface area (Å²) in [5.41, 5.74) is 7.57. The molecule has 17 heavy (non-hydrogen) atoms. The molecule has 2 unspecified atom stereocenters. The molecule has 3 N–H and O–H groups in total. The number of nitrogens with one attached hydrogen (secondary N) is 1. The number of hydrogen-bond acceptors (Lipinski definition) is 3. The van der Waals surface area contributed by atoms with E-state index < -0.39 is 0 Å². The van der Waals surface area contributed by atoms with Crippen molar-refractivity contribution >= 4 is 10.8 Å². The quantitative estimate of drug-likeness (QED) is 0.823. The zero-order chi connectivity index (χ0) is 11.7. The van der Waals surface area contributed by atoms with Gasteiger partial charge >= 0.3 is 0 Å². The number of rotatable bonds is 2. The monoisotopic (exact) mass is 227 g/mol. The molecule has 3 nitrogen and oxygen atoms in total. The summed E-state index contributed by atoms with van der Waals surface area (Å²) in [4.78, 5) is 4.12. The SMILES string of the molecule is NC(c1ccc2cnccc2c1)C1CCNC1. The van der Waals surface area contributed by atoms with E-state index in [-0.39, 0.29) is 6.04 Å². The third kappa shape index (κ3) is 2.04. The molecule has 1 fully saturated rings. The highest BCUT2D eigenvalue weighted by Gasteiger charge is 2.22. The van der Waals surface area contributed by atoms with Crippen molar-refractivity contribution < 1.29 is 0 Å². The molecule has 0 spiro atoms. The molecular weight excluding hydrogens is 210 g/mol. The maximum atomic E-state index is 6.34. The van der Waals surface area contributed by atoms with Crippen LogP contribution in [0.5, 0.6) is 0 Å². The number of benzene rings is 1. The average molecular weight is 227 g/mol. The van der Waals surface area contributed by atoms with Crippen molar-refractivity contribution in [2.75, 3.05) is 13.1 Å². The van der Waals surface area contributed by atoms with Crippen LogP contribution >= 0.6 is 0 Å². The van der Waals surface area contributed by atoms with E-state index in [0.29, 0.717) is 5.92 Å². The van der Waals surface area contributed by atoms with E-state index in [1.165, 1.54) is 22.8 Å². The highest BCUT2D eigenvalue weighted by atomic mass is 14.9. The molecule has 2 aromatic rings. The lowest BCUT2D eigenvalue weighted by Crippen LogP contribution is -2.23. The van der Waals surface area contributed by atoms with Gasteiger partial charge in [-0.3, -0.25) is 4.98 Å². The van der Waals surface area contributed by atoms with Crippen LogP contribution in [0.2, 0.25) is 0 Å². The van der Waals surface area contributed by atoms with E-state index in [2.05, 4.69) is 28.5 Å². The standard InChI is InChI=1S/C14H17N3/c15-14(13-4-6-17-9-13)11-1-2-12-8-16-5-3-10(12)7-11/h1-3,5,7-8,13-14,17H,4,6,9,15H2. The van der Waals surface area contributed by atoms with Crippen LogP contribution in [0.25, 0.3) is 10.8 Å². The molecule has 0 aliphatic carbocycles. The van der Waals surface area contributed by atoms with Crippen LogP contribution in [-0.2, 0) is 0 Å². The third-order valence-corrected chi connectivity index (χ3v) is 3.66. The fourth-order valence-corrected chi connectivity index (χ4v) is 2.56. The number of aromatic nitrogens is 1. The molecule has 0 amide bonds. The summed E-state index contributed by atoms with van der Waals surface area (Å²) in [7, 11) is 0. The van der Waals surface area contributed by atoms with E-state index in [9.17, 15) is 0 Å². The van der Waals surface area contributed by atoms with E-state index in [1.54, 1.807) is 0 Å². The molecule has 1 aliphatic rings. The Labute approximate surface area is 101 Å². The third-order valence-electron chi connectivity index (χ3n) is 3.66. The molecule has 88 valence electrons. The van der Waals surface area contributed by atoms with Gasteiger partial charge in [0.2, 0.25) is 0 Å². The summed E-state index contributed by atoms with van der Waals surface area (Å²) in [6, 6.07) is 8.62. The summed E-state index contributed by atoms with van der Waals surface area (Å²) in [6.07, 6.45) is 4.89. The number of hydrogen-bond donors (Lipinski definition) is 2. The molecule has 2 heterocycles. The Kier molecular flexibility index (Phi) is 2.79. The molecule has 1 saturated heterocycles. The van der Waals surface area contributed by atoms with Crippen molar-refractivity contribution in [2.45, 2.75) is 12.5 Å². The van der Waals surface area contributed by atoms with E-state index >= 15 is 0 Å². The molecule has 1 aromatic carbocycles. The maximum Gasteiger partial charge on any atom is 0.0346 e. The summed E-state index contributed by atoms with van der Waals surface area (Å²) in [6.45, 7) is 2.13. The van der Waals surface area contributed by atoms with Crippen LogP contribution in [0.15, 0.2) is 36.7 Å². The second-order valence-corrected chi connectivity index (χ2v) is 4.76. The lowest BCUT2D eigenvalue weighted by atomic mass is 9.92. The summed E-state index contributed by atoms with van der Waals surface area (Å²) in [5.74, 6) is 0.564. The van der Waals surface area contributed by atoms with E-state index in [0.717, 1.165) is 13.1 Å². The molecule has 1 aromatic heterocycles. The second-order valence-electron chi connectivity index (χ2n) is 4.76. The maximum absolute atomic E-state index is 6.34. The van der Waals surface area contributed by atoms with Gasteiger partial charge in [0.05, 0.1) is 0 Å². The van der Waals surface area contributed by atoms with Gasteiger partial charge in [-0.05, 0) is 48.5 Å². The molecular formula is C14H17N3. The minimum Gasteiger partial charge on any atom is -0.324 e. The Morgan fingerprint density at radius 3 is 3.06 bits per heavy atom. The van der Waals surface area contributed by atoms with Gasteiger partial charge in [-0.25, -0.2) is 0 Å². The summed E-state index contributed by atoms with van der Waals surface area (Å²) >= 11 is 0. The van der Waals surface area contributed by atoms with Crippen molar-refractivity contribution in [3.8, 4) is 0 Å². The topological polar surface area (TPSA) is 50.9 Å². The van der Waals surface area contributed by atoms with Crippen LogP contribution in [0.1, 0.15) is 18.0 Å². The summed E-state index contributed by atoms with van der Waals surface area (Å²) in [5, 5.41) is 5.77. The predicted molar refractivity (Wildman–Crippen MR) is 69.6 cm³/mol. The largest absolute Gasteiger partial charge is 0.324 e. The molecule has 3 rings (SSSR count). The first-order valence-electron chi connectivity index (χ1n) is 6.14. The smallest absolute Gasteiger partial charge is 0.0346 e. The van der Waals surface area contributed by atoms with Crippen molar-refractivity contribution in [1.29, 1.82) is 0 Å². The van der Waals surface area contributed by atoms with Gasteiger partial charge < -0.3 is 11.1 Å². The van der Waals surface area contributed by atoms with Crippen molar-refractivity contribution in [3.63, 3.8) is 0 Å². The number of pyridine rings is 1. The zero-order valence-corrected chi connectivity index (χ0v) is 9.76. The fraction of sp³-hybridized carbons (Fsp3) is 0.357. The minimum absolute atomic E-state index is 0.141. The predicted octanol–water partition coefficient (Wildman–Crippen LogP) is 1.84. The highest BCUT2D eigenvalue weighted by Crippen LogP contribution is 2.26. The molecule has 0 radical (unpaired) electrons. The van der Waals surface area contributed by atoms with Gasteiger partial charge in [0.25, 0.3) is 0 Å². The Hall–Kier alpha value is -1.45. The Morgan fingerprint density at radius 1 is 1.29 bits per heavy atom. The van der Waals surface area contributed by atoms with Crippen LogP contribution in [0.4, 0.5) is 0 Å². The van der Waals surface area contributed by atoms with Gasteiger partial charge in [0.15, 0.2) is 0 Å². The van der Waals surface area contributed by atoms with Crippen molar-refractivity contribution in [1.82, 2.24) is 10.3 Å². The zero-order valence-electron chi connectivity index (χ0n) is 9.76. The summed E-state index contributed by atoms with van der Waals surface area (Å²) < 4.78 is 0. The van der Waals surface area contributed by atoms with Crippen LogP contribution < -0.4 is 11.1 Å². The number of nitrogens with two attached hydrogens (primary N) is 1. The Balaban J connectivity index is 1.94. The lowest BCUT2D eigenvalue weighted by molar-refractivity contribution is 0.470. The first-order chi connectivity index (χ1) is 8.34. The van der Waals surface area contributed by atoms with Gasteiger partial charge in [0, 0.05) is 23.8 Å². The second kappa shape index (κ2) is 4.43. The average Bonchev–Trinajstić information content (AvgIpc) is 2.91. The van der Waals surface area contributed by atoms with E-state index in [4.69, 9.17) is 5.73 Å². The molecule has 3 heteroatoms. The molecule has 1 aliphatic heterocycles. The lowest BCUT2D eigenvalue weighted by Gasteiger charge is -2.19. The number of nitrogens with zero attached hydrogens (tertiary/aromatic N) is 1. The Morgan fingerprint density at radius 2 is 2.24 bits per heavy atom. The molecule has 0 saturated carbocycles. The minimum atomic E-state index is 0.141. The molecule has 2 atom stereocenters. The van der Waals surface area contributed by atoms with Crippen molar-refractivity contribution in [2.24, 2.45) is 11.7 Å². The van der Waals surface area contributed by atoms with Gasteiger partial charge in [-0.15, -0.1) is 0 Å². The first-order valence-corrected chi connectivity index (χ1v) is 6.14. The Bertz CT molecular complexity index is 518. The van der Waals surface area contributed by atoms with Crippen molar-refractivity contribution in [3.05, 3.63) is 42.2 Å². The van der Waals surface area contributed by atoms with Gasteiger partial charge in [0.1, 0.15) is 0 Å². The number of fused-ring (bicyclic) bond motifs is 1. The van der Waals surface area contributed by atoms with E-state index in [1.807, 2.05) is 18.5 Å². The van der Waals surface area contributed by atoms with Crippen LogP contribution in [0, 0.1) is 5.92 Å². The van der Waals surface area contributed by atoms with Crippen LogP contribution in [-0.4, -0.2) is 18.1 Å². The first kappa shape index (κ1) is 10.7. The highest BCUT2D eigenvalue weighted by molar-refractivity contribution is 5.82. The van der Waals surface area contributed by atoms with Crippen LogP contribution in [0.3, 0.4) is 0 Å². The normalized spacial score (nSPS) is 21.8.